The lowest BCUT2D eigenvalue weighted by molar-refractivity contribution is 0.0521. The highest BCUT2D eigenvalue weighted by molar-refractivity contribution is 9.10. The van der Waals surface area contributed by atoms with Crippen molar-refractivity contribution >= 4 is 135 Å². The molecule has 0 aliphatic carbocycles. The number of aliphatic imine (C=N–C) groups is 1. The molecule has 414 valence electrons. The third-order valence-corrected chi connectivity index (χ3v) is 11.8. The van der Waals surface area contributed by atoms with E-state index in [4.69, 9.17) is 42.6 Å². The molecule has 17 nitrogen and oxygen atoms in total. The standard InChI is InChI=1S/C23H22ClN5O2.C12H9ClN4.C9H6BrNO2.C9H5BrO3.5CH4/c1-23(2,3)31-22(30)29-19-10-9-17(12-16(19)14-25-29)26-20-13-18(27-21(24)28-20)11-15-7-5-4-6-8-15;13-12-15-4-3-11(17-12)16-10-2-1-8-6-14-7-9(8)5-10;10-6-2-1-5-3-8(9(12)13)11-7(5)4-6;10-6-2-1-5-3-8(9(11)12)13-7(5)4-6;;;;;/h4-10,12-14H,11H2,1-3H3,(H,26,27,28);1-5,7H,6H2,(H,15,16,17);1-4,11H,(H,12,13);1-4H,(H,11,12);5*1H4. The largest absolute Gasteiger partial charge is 0.477 e. The van der Waals surface area contributed by atoms with Gasteiger partial charge in [-0.3, -0.25) is 4.99 Å². The molecule has 79 heavy (non-hydrogen) atoms. The number of carbonyl (C=O) groups is 3. The summed E-state index contributed by atoms with van der Waals surface area (Å²) in [5, 5.41) is 30.9. The number of H-pyrrole nitrogens is 1. The van der Waals surface area contributed by atoms with E-state index in [0.29, 0.717) is 29.2 Å². The highest BCUT2D eigenvalue weighted by atomic mass is 79.9. The summed E-state index contributed by atoms with van der Waals surface area (Å²) in [5.41, 5.74) is 7.78. The van der Waals surface area contributed by atoms with E-state index in [0.717, 1.165) is 65.4 Å². The van der Waals surface area contributed by atoms with Crippen LogP contribution in [0.2, 0.25) is 10.6 Å². The Morgan fingerprint density at radius 2 is 1.39 bits per heavy atom. The minimum Gasteiger partial charge on any atom is -0.477 e. The van der Waals surface area contributed by atoms with Crippen molar-refractivity contribution in [3.8, 4) is 0 Å². The number of halogens is 4. The molecular weight excluding hydrogens is 1180 g/mol. The van der Waals surface area contributed by atoms with Crippen molar-refractivity contribution in [2.45, 2.75) is 76.5 Å². The van der Waals surface area contributed by atoms with Crippen molar-refractivity contribution in [2.75, 3.05) is 10.6 Å². The van der Waals surface area contributed by atoms with Gasteiger partial charge >= 0.3 is 18.0 Å². The summed E-state index contributed by atoms with van der Waals surface area (Å²) in [7, 11) is 0. The van der Waals surface area contributed by atoms with Gasteiger partial charge in [0.1, 0.15) is 28.5 Å². The summed E-state index contributed by atoms with van der Waals surface area (Å²) < 4.78 is 13.5. The molecule has 1 aliphatic heterocycles. The van der Waals surface area contributed by atoms with Crippen LogP contribution < -0.4 is 10.6 Å². The molecule has 11 rings (SSSR count). The number of aromatic amines is 1. The Morgan fingerprint density at radius 3 is 2.09 bits per heavy atom. The summed E-state index contributed by atoms with van der Waals surface area (Å²) in [6, 6.07) is 39.4. The van der Waals surface area contributed by atoms with Crippen LogP contribution in [-0.4, -0.2) is 74.8 Å². The maximum absolute atomic E-state index is 12.4. The molecule has 0 spiro atoms. The molecule has 1 aliphatic rings. The SMILES string of the molecule is C.C.C.C.C.CC(C)(C)OC(=O)n1ncc2cc(Nc3cc(Cc4ccccc4)nc(Cl)n3)ccc21.Clc1nccc(Nc2ccc3c(c2)C=NC3)n1.O=C(O)c1cc2ccc(Br)cc2[nH]1.O=C(O)c1cc2ccc(Br)cc2o1. The fraction of sp³-hybridized carbons (Fsp3) is 0.190. The number of rotatable bonds is 8. The highest BCUT2D eigenvalue weighted by Crippen LogP contribution is 2.27. The predicted molar refractivity (Wildman–Crippen MR) is 326 cm³/mol. The van der Waals surface area contributed by atoms with Gasteiger partial charge in [0, 0.05) is 66.9 Å². The summed E-state index contributed by atoms with van der Waals surface area (Å²) in [6.07, 6.45) is 5.26. The number of nitrogens with one attached hydrogen (secondary N) is 3. The number of carbonyl (C=O) groups excluding carboxylic acids is 1. The van der Waals surface area contributed by atoms with Crippen LogP contribution in [0.5, 0.6) is 0 Å². The van der Waals surface area contributed by atoms with E-state index in [1.54, 1.807) is 36.7 Å². The zero-order chi connectivity index (χ0) is 52.5. The molecule has 0 saturated carbocycles. The number of aromatic carboxylic acids is 2. The molecule has 0 unspecified atom stereocenters. The first-order valence-electron chi connectivity index (χ1n) is 22.3. The number of aromatic nitrogens is 7. The number of hydrogen-bond acceptors (Lipinski definition) is 13. The first-order valence-corrected chi connectivity index (χ1v) is 24.6. The summed E-state index contributed by atoms with van der Waals surface area (Å²) in [6.45, 7) is 6.22. The molecule has 0 atom stereocenters. The van der Waals surface area contributed by atoms with Gasteiger partial charge in [-0.05, 0) is 140 Å². The predicted octanol–water partition coefficient (Wildman–Crippen LogP) is 17.1. The number of hydrogen-bond donors (Lipinski definition) is 5. The van der Waals surface area contributed by atoms with Gasteiger partial charge < -0.3 is 35.0 Å². The minimum absolute atomic E-state index is 0. The van der Waals surface area contributed by atoms with Crippen molar-refractivity contribution in [2.24, 2.45) is 4.99 Å². The Kier molecular flexibility index (Phi) is 24.1. The van der Waals surface area contributed by atoms with Crippen molar-refractivity contribution in [3.05, 3.63) is 193 Å². The number of anilines is 4. The number of carboxylic acids is 2. The fourth-order valence-corrected chi connectivity index (χ4v) is 8.24. The van der Waals surface area contributed by atoms with E-state index in [1.165, 1.54) is 16.3 Å². The molecule has 10 aromatic rings. The van der Waals surface area contributed by atoms with Gasteiger partial charge in [0.05, 0.1) is 24.0 Å². The molecule has 5 aromatic carbocycles. The smallest absolute Gasteiger partial charge is 0.435 e. The number of ether oxygens (including phenoxy) is 1. The Hall–Kier alpha value is -7.97. The Labute approximate surface area is 485 Å². The molecular formula is C58H62Br2Cl2N10O7. The number of nitrogens with zero attached hydrogens (tertiary/aromatic N) is 7. The number of carboxylic acid groups (broad SMARTS) is 2. The van der Waals surface area contributed by atoms with E-state index in [2.05, 4.69) is 83.6 Å². The molecule has 5 N–H and O–H groups in total. The normalized spacial score (nSPS) is 10.7. The fourth-order valence-electron chi connectivity index (χ4n) is 7.19. The first-order chi connectivity index (χ1) is 35.4. The van der Waals surface area contributed by atoms with Gasteiger partial charge in [0.2, 0.25) is 16.3 Å². The van der Waals surface area contributed by atoms with Crippen LogP contribution in [0.3, 0.4) is 0 Å². The Morgan fingerprint density at radius 1 is 0.722 bits per heavy atom. The maximum atomic E-state index is 12.4. The molecule has 5 aromatic heterocycles. The maximum Gasteiger partial charge on any atom is 0.435 e. The van der Waals surface area contributed by atoms with Gasteiger partial charge in [-0.25, -0.2) is 34.3 Å². The van der Waals surface area contributed by atoms with Crippen LogP contribution in [0.1, 0.15) is 101 Å². The second-order valence-corrected chi connectivity index (χ2v) is 19.7. The molecule has 0 fully saturated rings. The Balaban J connectivity index is 0.000000291. The van der Waals surface area contributed by atoms with E-state index >= 15 is 0 Å². The highest BCUT2D eigenvalue weighted by Gasteiger charge is 2.20. The second kappa shape index (κ2) is 29.1. The second-order valence-electron chi connectivity index (χ2n) is 17.1. The van der Waals surface area contributed by atoms with Crippen LogP contribution in [-0.2, 0) is 17.7 Å². The van der Waals surface area contributed by atoms with Crippen molar-refractivity contribution in [1.29, 1.82) is 0 Å². The Bertz CT molecular complexity index is 3620. The van der Waals surface area contributed by atoms with Crippen LogP contribution in [0.15, 0.2) is 158 Å². The topological polar surface area (TPSA) is 236 Å². The lowest BCUT2D eigenvalue weighted by atomic mass is 10.1. The average molecular weight is 1240 g/mol. The van der Waals surface area contributed by atoms with Gasteiger partial charge in [0.25, 0.3) is 0 Å². The van der Waals surface area contributed by atoms with Gasteiger partial charge in [0.15, 0.2) is 0 Å². The quantitative estimate of drug-likeness (QED) is 0.0890. The minimum atomic E-state index is -1.05. The van der Waals surface area contributed by atoms with Crippen molar-refractivity contribution < 1.29 is 33.8 Å². The van der Waals surface area contributed by atoms with Gasteiger partial charge in [-0.1, -0.05) is 111 Å². The third-order valence-electron chi connectivity index (χ3n) is 10.4. The van der Waals surface area contributed by atoms with Crippen molar-refractivity contribution in [1.82, 2.24) is 34.7 Å². The number of benzene rings is 5. The zero-order valence-corrected chi connectivity index (χ0v) is 44.0. The molecule has 21 heteroatoms. The molecule has 0 radical (unpaired) electrons. The lowest BCUT2D eigenvalue weighted by Crippen LogP contribution is -2.27. The monoisotopic (exact) mass is 1240 g/mol. The summed E-state index contributed by atoms with van der Waals surface area (Å²) in [5.74, 6) is -0.752. The van der Waals surface area contributed by atoms with Crippen LogP contribution in [0.25, 0.3) is 32.8 Å². The third kappa shape index (κ3) is 18.0. The average Bonchev–Trinajstić information content (AvgIpc) is 4.18. The van der Waals surface area contributed by atoms with Crippen LogP contribution in [0.4, 0.5) is 27.8 Å². The summed E-state index contributed by atoms with van der Waals surface area (Å²) in [4.78, 5) is 57.0. The number of furan rings is 1. The van der Waals surface area contributed by atoms with Gasteiger partial charge in [-0.2, -0.15) is 9.78 Å². The lowest BCUT2D eigenvalue weighted by Gasteiger charge is -2.19. The van der Waals surface area contributed by atoms with Crippen LogP contribution >= 0.6 is 55.1 Å². The zero-order valence-electron chi connectivity index (χ0n) is 39.3. The van der Waals surface area contributed by atoms with E-state index in [9.17, 15) is 14.4 Å². The van der Waals surface area contributed by atoms with E-state index in [1.807, 2.05) is 118 Å². The molecule has 0 amide bonds. The van der Waals surface area contributed by atoms with E-state index < -0.39 is 23.6 Å². The van der Waals surface area contributed by atoms with Crippen LogP contribution in [0, 0.1) is 0 Å². The molecule has 0 saturated heterocycles. The summed E-state index contributed by atoms with van der Waals surface area (Å²) >= 11 is 18.4. The van der Waals surface area contributed by atoms with Crippen molar-refractivity contribution in [3.63, 3.8) is 0 Å². The number of fused-ring (bicyclic) bond motifs is 4. The van der Waals surface area contributed by atoms with Gasteiger partial charge in [-0.15, -0.1) is 0 Å². The molecule has 6 heterocycles. The molecule has 0 bridgehead atoms. The first kappa shape index (κ1) is 65.3. The van der Waals surface area contributed by atoms with E-state index in [-0.39, 0.29) is 59.2 Å².